The molecule has 1 heterocycles. The zero-order chi connectivity index (χ0) is 20.2. The molecule has 26 heavy (non-hydrogen) atoms. The molecule has 0 saturated carbocycles. The Labute approximate surface area is 172 Å². The van der Waals surface area contributed by atoms with E-state index in [1.807, 2.05) is 0 Å². The van der Waals surface area contributed by atoms with Crippen LogP contribution < -0.4 is 0 Å². The lowest BCUT2D eigenvalue weighted by atomic mass is 10.1. The third-order valence-corrected chi connectivity index (χ3v) is 9.45. The van der Waals surface area contributed by atoms with Crippen LogP contribution in [-0.4, -0.2) is 49.7 Å². The van der Waals surface area contributed by atoms with Gasteiger partial charge in [-0.2, -0.15) is 0 Å². The summed E-state index contributed by atoms with van der Waals surface area (Å²) in [6.45, 7) is 15.0. The van der Waals surface area contributed by atoms with Crippen LogP contribution in [0.15, 0.2) is 24.8 Å². The third kappa shape index (κ3) is 7.15. The van der Waals surface area contributed by atoms with Crippen LogP contribution in [0.5, 0.6) is 0 Å². The van der Waals surface area contributed by atoms with Gasteiger partial charge in [0, 0.05) is 0 Å². The fourth-order valence-corrected chi connectivity index (χ4v) is 2.98. The Bertz CT molecular complexity index is 529. The van der Waals surface area contributed by atoms with Crippen molar-refractivity contribution >= 4 is 49.0 Å². The van der Waals surface area contributed by atoms with Crippen molar-refractivity contribution in [3.63, 3.8) is 0 Å². The summed E-state index contributed by atoms with van der Waals surface area (Å²) >= 11 is 17.1. The summed E-state index contributed by atoms with van der Waals surface area (Å²) in [5, 5.41) is 7.85. The van der Waals surface area contributed by atoms with Crippen LogP contribution in [0.25, 0.3) is 0 Å². The molecule has 0 spiro atoms. The van der Waals surface area contributed by atoms with Crippen LogP contribution in [0.1, 0.15) is 20.8 Å². The van der Waals surface area contributed by atoms with E-state index in [9.17, 15) is 0 Å². The molecule has 0 bridgehead atoms. The molecule has 1 rings (SSSR count). The number of halogens is 3. The highest BCUT2D eigenvalue weighted by atomic mass is 35.6. The maximum atomic E-state index is 7.80. The lowest BCUT2D eigenvalue weighted by Gasteiger charge is -2.39. The van der Waals surface area contributed by atoms with Crippen molar-refractivity contribution in [2.45, 2.75) is 61.2 Å². The third-order valence-electron chi connectivity index (χ3n) is 4.44. The van der Waals surface area contributed by atoms with Crippen LogP contribution in [0.3, 0.4) is 0 Å². The van der Waals surface area contributed by atoms with E-state index in [4.69, 9.17) is 58.8 Å². The molecule has 0 saturated heterocycles. The van der Waals surface area contributed by atoms with E-state index in [1.54, 1.807) is 18.2 Å². The molecule has 0 fully saturated rings. The van der Waals surface area contributed by atoms with Gasteiger partial charge in [-0.1, -0.05) is 61.7 Å². The smallest absolute Gasteiger partial charge is 0.265 e. The fourth-order valence-electron chi connectivity index (χ4n) is 1.84. The summed E-state index contributed by atoms with van der Waals surface area (Å²) in [7, 11) is -1.99. The van der Waals surface area contributed by atoms with Crippen LogP contribution >= 0.6 is 34.8 Å². The van der Waals surface area contributed by atoms with E-state index in [-0.39, 0.29) is 11.6 Å². The molecule has 0 amide bonds. The van der Waals surface area contributed by atoms with E-state index < -0.39 is 36.5 Å². The molecule has 0 radical (unpaired) electrons. The standard InChI is InChI=1S/C17H28Cl3NO4Si/c1-7-10-22-14-9-8-12(25-15(21)17(18,19)20)13(24-14)11-23-26(5,6)16(2,3)4/h7-9,12-14,21H,1,10-11H2,2-6H3/t12-,13-,14+/m1/s1. The van der Waals surface area contributed by atoms with Crippen molar-refractivity contribution in [2.24, 2.45) is 0 Å². The molecular weight excluding hydrogens is 417 g/mol. The molecule has 5 nitrogen and oxygen atoms in total. The Morgan fingerprint density at radius 1 is 1.27 bits per heavy atom. The quantitative estimate of drug-likeness (QED) is 0.192. The summed E-state index contributed by atoms with van der Waals surface area (Å²) < 4.78 is 21.2. The highest BCUT2D eigenvalue weighted by Gasteiger charge is 2.40. The van der Waals surface area contributed by atoms with Crippen molar-refractivity contribution in [1.82, 2.24) is 0 Å². The first-order chi connectivity index (χ1) is 11.8. The molecule has 150 valence electrons. The Hall–Kier alpha value is -0.0831. The van der Waals surface area contributed by atoms with E-state index in [0.29, 0.717) is 6.61 Å². The normalized spacial score (nSPS) is 24.4. The first kappa shape index (κ1) is 24.0. The van der Waals surface area contributed by atoms with E-state index in [2.05, 4.69) is 40.4 Å². The summed E-state index contributed by atoms with van der Waals surface area (Å²) in [4.78, 5) is 0. The highest BCUT2D eigenvalue weighted by molar-refractivity contribution is 6.76. The average molecular weight is 445 g/mol. The Kier molecular flexibility index (Phi) is 8.67. The molecule has 1 aliphatic rings. The number of nitrogens with one attached hydrogen (secondary N) is 1. The Balaban J connectivity index is 2.87. The van der Waals surface area contributed by atoms with Crippen LogP contribution in [-0.2, 0) is 18.6 Å². The van der Waals surface area contributed by atoms with Gasteiger partial charge in [-0.05, 0) is 30.3 Å². The van der Waals surface area contributed by atoms with E-state index >= 15 is 0 Å². The monoisotopic (exact) mass is 443 g/mol. The van der Waals surface area contributed by atoms with Gasteiger partial charge in [0.2, 0.25) is 5.90 Å². The van der Waals surface area contributed by atoms with Gasteiger partial charge in [0.25, 0.3) is 3.79 Å². The molecule has 0 aliphatic carbocycles. The van der Waals surface area contributed by atoms with E-state index in [0.717, 1.165) is 0 Å². The van der Waals surface area contributed by atoms with Crippen molar-refractivity contribution in [1.29, 1.82) is 5.41 Å². The minimum atomic E-state index is -1.99. The van der Waals surface area contributed by atoms with Crippen molar-refractivity contribution in [2.75, 3.05) is 13.2 Å². The zero-order valence-electron chi connectivity index (χ0n) is 15.9. The van der Waals surface area contributed by atoms with Crippen LogP contribution in [0.2, 0.25) is 18.1 Å². The maximum absolute atomic E-state index is 7.80. The first-order valence-corrected chi connectivity index (χ1v) is 12.3. The second-order valence-electron chi connectivity index (χ2n) is 7.53. The largest absolute Gasteiger partial charge is 0.468 e. The second-order valence-corrected chi connectivity index (χ2v) is 14.6. The van der Waals surface area contributed by atoms with Crippen molar-refractivity contribution in [3.05, 3.63) is 24.8 Å². The fraction of sp³-hybridized carbons (Fsp3) is 0.706. The molecular formula is C17H28Cl3NO4Si. The maximum Gasteiger partial charge on any atom is 0.265 e. The summed E-state index contributed by atoms with van der Waals surface area (Å²) in [5.74, 6) is -0.469. The van der Waals surface area contributed by atoms with Gasteiger partial charge < -0.3 is 18.6 Å². The lowest BCUT2D eigenvalue weighted by molar-refractivity contribution is -0.172. The average Bonchev–Trinajstić information content (AvgIpc) is 2.50. The lowest BCUT2D eigenvalue weighted by Crippen LogP contribution is -2.48. The molecule has 0 aromatic heterocycles. The predicted molar refractivity (Wildman–Crippen MR) is 110 cm³/mol. The summed E-state index contributed by atoms with van der Waals surface area (Å²) in [6.07, 6.45) is 3.40. The second kappa shape index (κ2) is 9.41. The minimum Gasteiger partial charge on any atom is -0.468 e. The van der Waals surface area contributed by atoms with Gasteiger partial charge in [-0.15, -0.1) is 6.58 Å². The molecule has 0 aromatic carbocycles. The molecule has 0 aromatic rings. The van der Waals surface area contributed by atoms with Gasteiger partial charge in [0.05, 0.1) is 13.2 Å². The highest BCUT2D eigenvalue weighted by Crippen LogP contribution is 2.37. The molecule has 1 N–H and O–H groups in total. The molecule has 3 atom stereocenters. The zero-order valence-corrected chi connectivity index (χ0v) is 19.1. The predicted octanol–water partition coefficient (Wildman–Crippen LogP) is 5.22. The number of hydrogen-bond donors (Lipinski definition) is 1. The summed E-state index contributed by atoms with van der Waals surface area (Å²) in [6, 6.07) is 0. The van der Waals surface area contributed by atoms with Gasteiger partial charge in [-0.3, -0.25) is 5.41 Å². The minimum absolute atomic E-state index is 0.0525. The number of hydrogen-bond acceptors (Lipinski definition) is 5. The number of ether oxygens (including phenoxy) is 3. The van der Waals surface area contributed by atoms with Gasteiger partial charge in [0.15, 0.2) is 14.6 Å². The van der Waals surface area contributed by atoms with E-state index in [1.165, 1.54) is 0 Å². The van der Waals surface area contributed by atoms with Gasteiger partial charge in [-0.25, -0.2) is 0 Å². The SMILES string of the molecule is C=CCO[C@@H]1C=C[C@@H](OC(=N)C(Cl)(Cl)Cl)[C@@H](CO[Si](C)(C)C(C)(C)C)O1. The van der Waals surface area contributed by atoms with Crippen LogP contribution in [0.4, 0.5) is 0 Å². The molecule has 0 unspecified atom stereocenters. The summed E-state index contributed by atoms with van der Waals surface area (Å²) in [5.41, 5.74) is 0. The van der Waals surface area contributed by atoms with Crippen LogP contribution in [0, 0.1) is 5.41 Å². The Morgan fingerprint density at radius 3 is 2.38 bits per heavy atom. The first-order valence-electron chi connectivity index (χ1n) is 8.30. The topological polar surface area (TPSA) is 60.8 Å². The molecule has 9 heteroatoms. The van der Waals surface area contributed by atoms with Gasteiger partial charge in [0.1, 0.15) is 12.2 Å². The van der Waals surface area contributed by atoms with Crippen molar-refractivity contribution in [3.8, 4) is 0 Å². The number of alkyl halides is 3. The van der Waals surface area contributed by atoms with Gasteiger partial charge >= 0.3 is 0 Å². The molecule has 1 aliphatic heterocycles. The number of rotatable bonds is 7. The Morgan fingerprint density at radius 2 is 1.88 bits per heavy atom. The van der Waals surface area contributed by atoms with Crippen molar-refractivity contribution < 1.29 is 18.6 Å².